The van der Waals surface area contributed by atoms with Gasteiger partial charge in [-0.05, 0) is 46.7 Å². The van der Waals surface area contributed by atoms with E-state index in [1.807, 2.05) is 42.5 Å². The van der Waals surface area contributed by atoms with Gasteiger partial charge in [0.2, 0.25) is 0 Å². The first-order valence-electron chi connectivity index (χ1n) is 8.04. The highest BCUT2D eigenvalue weighted by molar-refractivity contribution is 6.00. The Bertz CT molecular complexity index is 863. The van der Waals surface area contributed by atoms with Gasteiger partial charge in [0.25, 0.3) is 0 Å². The van der Waals surface area contributed by atoms with Gasteiger partial charge >= 0.3 is 0 Å². The van der Waals surface area contributed by atoms with E-state index in [0.29, 0.717) is 23.8 Å². The van der Waals surface area contributed by atoms with Crippen LogP contribution in [-0.4, -0.2) is 6.29 Å². The van der Waals surface area contributed by atoms with E-state index in [-0.39, 0.29) is 0 Å². The van der Waals surface area contributed by atoms with Crippen molar-refractivity contribution in [3.63, 3.8) is 0 Å². The molecular weight excluding hydrogens is 284 g/mol. The second kappa shape index (κ2) is 5.88. The number of hydrogen-bond donors (Lipinski definition) is 0. The summed E-state index contributed by atoms with van der Waals surface area (Å²) in [6.07, 6.45) is 3.43. The fraction of sp³-hybridized carbons (Fsp3) is 0.190. The quantitative estimate of drug-likeness (QED) is 0.612. The Morgan fingerprint density at radius 2 is 1.74 bits per heavy atom. The van der Waals surface area contributed by atoms with E-state index in [1.165, 1.54) is 24.0 Å². The number of fused-ring (bicyclic) bond motifs is 1. The lowest BCUT2D eigenvalue weighted by atomic mass is 10.0. The van der Waals surface area contributed by atoms with Crippen LogP contribution in [0.15, 0.2) is 60.7 Å². The van der Waals surface area contributed by atoms with E-state index in [4.69, 9.17) is 4.74 Å². The molecule has 2 nitrogen and oxygen atoms in total. The van der Waals surface area contributed by atoms with Crippen molar-refractivity contribution in [3.8, 4) is 5.75 Å². The molecule has 0 N–H and O–H groups in total. The van der Waals surface area contributed by atoms with Crippen molar-refractivity contribution < 1.29 is 9.53 Å². The zero-order valence-corrected chi connectivity index (χ0v) is 12.9. The first-order chi connectivity index (χ1) is 11.4. The summed E-state index contributed by atoms with van der Waals surface area (Å²) < 4.78 is 6.01. The SMILES string of the molecule is O=Cc1c(OCc2ccccc2C2CC2)ccc2ccccc12. The minimum atomic E-state index is 0.506. The third kappa shape index (κ3) is 2.72. The van der Waals surface area contributed by atoms with E-state index in [9.17, 15) is 4.79 Å². The Kier molecular flexibility index (Phi) is 3.58. The Labute approximate surface area is 135 Å². The summed E-state index contributed by atoms with van der Waals surface area (Å²) in [6, 6.07) is 20.2. The number of benzene rings is 3. The largest absolute Gasteiger partial charge is 0.488 e. The molecule has 1 saturated carbocycles. The number of aldehydes is 1. The summed E-state index contributed by atoms with van der Waals surface area (Å²) >= 11 is 0. The number of carbonyl (C=O) groups is 1. The van der Waals surface area contributed by atoms with E-state index >= 15 is 0 Å². The standard InChI is InChI=1S/C21H18O2/c22-13-20-19-8-4-1-5-15(19)11-12-21(20)23-14-17-6-2-3-7-18(17)16-9-10-16/h1-8,11-13,16H,9-10,14H2. The van der Waals surface area contributed by atoms with Gasteiger partial charge in [0.05, 0.1) is 5.56 Å². The summed E-state index contributed by atoms with van der Waals surface area (Å²) in [5, 5.41) is 2.00. The zero-order valence-electron chi connectivity index (χ0n) is 12.9. The highest BCUT2D eigenvalue weighted by Gasteiger charge is 2.25. The Balaban J connectivity index is 1.64. The lowest BCUT2D eigenvalue weighted by Crippen LogP contribution is -2.01. The first-order valence-corrected chi connectivity index (χ1v) is 8.04. The Morgan fingerprint density at radius 3 is 2.57 bits per heavy atom. The van der Waals surface area contributed by atoms with E-state index in [1.54, 1.807) is 0 Å². The van der Waals surface area contributed by atoms with E-state index in [0.717, 1.165) is 17.1 Å². The van der Waals surface area contributed by atoms with Crippen molar-refractivity contribution in [1.82, 2.24) is 0 Å². The third-order valence-corrected chi connectivity index (χ3v) is 4.50. The maximum atomic E-state index is 11.6. The molecule has 0 atom stereocenters. The van der Waals surface area contributed by atoms with Gasteiger partial charge in [0, 0.05) is 0 Å². The summed E-state index contributed by atoms with van der Waals surface area (Å²) in [5.74, 6) is 1.35. The molecule has 0 aromatic heterocycles. The molecule has 1 fully saturated rings. The third-order valence-electron chi connectivity index (χ3n) is 4.50. The smallest absolute Gasteiger partial charge is 0.154 e. The van der Waals surface area contributed by atoms with Crippen molar-refractivity contribution in [1.29, 1.82) is 0 Å². The second-order valence-corrected chi connectivity index (χ2v) is 6.08. The maximum Gasteiger partial charge on any atom is 0.154 e. The molecule has 0 saturated heterocycles. The molecule has 3 aromatic rings. The average Bonchev–Trinajstić information content (AvgIpc) is 3.44. The molecule has 0 heterocycles. The average molecular weight is 302 g/mol. The topological polar surface area (TPSA) is 26.3 Å². The minimum absolute atomic E-state index is 0.506. The van der Waals surface area contributed by atoms with Gasteiger partial charge < -0.3 is 4.74 Å². The summed E-state index contributed by atoms with van der Waals surface area (Å²) in [7, 11) is 0. The van der Waals surface area contributed by atoms with Crippen LogP contribution < -0.4 is 4.74 Å². The van der Waals surface area contributed by atoms with Gasteiger partial charge in [0.15, 0.2) is 6.29 Å². The highest BCUT2D eigenvalue weighted by Crippen LogP contribution is 2.41. The first kappa shape index (κ1) is 14.0. The fourth-order valence-corrected chi connectivity index (χ4v) is 3.14. The second-order valence-electron chi connectivity index (χ2n) is 6.08. The summed E-state index contributed by atoms with van der Waals surface area (Å²) in [4.78, 5) is 11.6. The predicted octanol–water partition coefficient (Wildman–Crippen LogP) is 5.11. The van der Waals surface area contributed by atoms with Crippen molar-refractivity contribution in [3.05, 3.63) is 77.4 Å². The van der Waals surface area contributed by atoms with Crippen molar-refractivity contribution in [2.24, 2.45) is 0 Å². The molecule has 0 bridgehead atoms. The van der Waals surface area contributed by atoms with Gasteiger partial charge in [-0.25, -0.2) is 0 Å². The molecule has 0 radical (unpaired) electrons. The van der Waals surface area contributed by atoms with Crippen molar-refractivity contribution >= 4 is 17.1 Å². The molecule has 3 aromatic carbocycles. The Hall–Kier alpha value is -2.61. The fourth-order valence-electron chi connectivity index (χ4n) is 3.14. The lowest BCUT2D eigenvalue weighted by molar-refractivity contribution is 0.112. The van der Waals surface area contributed by atoms with Gasteiger partial charge in [-0.3, -0.25) is 4.79 Å². The van der Waals surface area contributed by atoms with Crippen LogP contribution in [0.3, 0.4) is 0 Å². The molecule has 0 spiro atoms. The normalized spacial score (nSPS) is 13.9. The Morgan fingerprint density at radius 1 is 0.957 bits per heavy atom. The lowest BCUT2D eigenvalue weighted by Gasteiger charge is -2.13. The zero-order chi connectivity index (χ0) is 15.6. The van der Waals surface area contributed by atoms with E-state index in [2.05, 4.69) is 18.2 Å². The van der Waals surface area contributed by atoms with Crippen LogP contribution in [-0.2, 0) is 6.61 Å². The van der Waals surface area contributed by atoms with Crippen LogP contribution in [0.2, 0.25) is 0 Å². The molecule has 2 heteroatoms. The van der Waals surface area contributed by atoms with Gasteiger partial charge in [-0.2, -0.15) is 0 Å². The van der Waals surface area contributed by atoms with Crippen LogP contribution >= 0.6 is 0 Å². The molecular formula is C21H18O2. The predicted molar refractivity (Wildman–Crippen MR) is 92.1 cm³/mol. The maximum absolute atomic E-state index is 11.6. The molecule has 0 unspecified atom stereocenters. The molecule has 23 heavy (non-hydrogen) atoms. The highest BCUT2D eigenvalue weighted by atomic mass is 16.5. The number of ether oxygens (including phenoxy) is 1. The van der Waals surface area contributed by atoms with Crippen molar-refractivity contribution in [2.75, 3.05) is 0 Å². The molecule has 1 aliphatic rings. The van der Waals surface area contributed by atoms with Crippen LogP contribution in [0, 0.1) is 0 Å². The minimum Gasteiger partial charge on any atom is -0.488 e. The van der Waals surface area contributed by atoms with Gasteiger partial charge in [0.1, 0.15) is 12.4 Å². The monoisotopic (exact) mass is 302 g/mol. The summed E-state index contributed by atoms with van der Waals surface area (Å²) in [6.45, 7) is 0.506. The van der Waals surface area contributed by atoms with Crippen LogP contribution in [0.5, 0.6) is 5.75 Å². The molecule has 114 valence electrons. The van der Waals surface area contributed by atoms with E-state index < -0.39 is 0 Å². The molecule has 4 rings (SSSR count). The number of carbonyl (C=O) groups excluding carboxylic acids is 1. The number of rotatable bonds is 5. The summed E-state index contributed by atoms with van der Waals surface area (Å²) in [5.41, 5.74) is 3.24. The number of hydrogen-bond acceptors (Lipinski definition) is 2. The van der Waals surface area contributed by atoms with Crippen LogP contribution in [0.25, 0.3) is 10.8 Å². The van der Waals surface area contributed by atoms with Crippen LogP contribution in [0.4, 0.5) is 0 Å². The molecule has 0 amide bonds. The van der Waals surface area contributed by atoms with Crippen LogP contribution in [0.1, 0.15) is 40.2 Å². The van der Waals surface area contributed by atoms with Crippen molar-refractivity contribution in [2.45, 2.75) is 25.4 Å². The molecule has 0 aliphatic heterocycles. The van der Waals surface area contributed by atoms with Gasteiger partial charge in [-0.15, -0.1) is 0 Å². The molecule has 1 aliphatic carbocycles. The van der Waals surface area contributed by atoms with Gasteiger partial charge in [-0.1, -0.05) is 54.6 Å².